The molecule has 0 bridgehead atoms. The van der Waals surface area contributed by atoms with Crippen LogP contribution in [-0.2, 0) is 43.7 Å². The van der Waals surface area contributed by atoms with E-state index in [9.17, 15) is 18.0 Å². The van der Waals surface area contributed by atoms with Crippen molar-refractivity contribution < 1.29 is 22.7 Å². The monoisotopic (exact) mass is 618 g/mol. The van der Waals surface area contributed by atoms with Gasteiger partial charge in [0.1, 0.15) is 6.04 Å². The second-order valence-electron chi connectivity index (χ2n) is 11.5. The Balaban J connectivity index is 1.30. The number of aryl methyl sites for hydroxylation is 1. The fourth-order valence-electron chi connectivity index (χ4n) is 5.33. The number of hydrogen-bond acceptors (Lipinski definition) is 6. The van der Waals surface area contributed by atoms with Gasteiger partial charge in [0.2, 0.25) is 21.8 Å². The molecule has 9 nitrogen and oxygen atoms in total. The lowest BCUT2D eigenvalue weighted by Crippen LogP contribution is -2.52. The summed E-state index contributed by atoms with van der Waals surface area (Å²) in [5, 5.41) is 3.11. The van der Waals surface area contributed by atoms with Crippen molar-refractivity contribution >= 4 is 21.8 Å². The van der Waals surface area contributed by atoms with E-state index in [1.165, 1.54) is 0 Å². The zero-order chi connectivity index (χ0) is 30.8. The molecule has 0 aromatic heterocycles. The average Bonchev–Trinajstić information content (AvgIpc) is 3.86. The van der Waals surface area contributed by atoms with Gasteiger partial charge in [-0.05, 0) is 48.1 Å². The van der Waals surface area contributed by atoms with Crippen LogP contribution in [0.25, 0.3) is 0 Å². The molecule has 1 heterocycles. The van der Waals surface area contributed by atoms with E-state index in [0.717, 1.165) is 49.2 Å². The van der Waals surface area contributed by atoms with Gasteiger partial charge in [0.05, 0.1) is 18.1 Å². The van der Waals surface area contributed by atoms with Gasteiger partial charge in [0.15, 0.2) is 0 Å². The molecule has 2 aliphatic rings. The topological polar surface area (TPSA) is 108 Å². The summed E-state index contributed by atoms with van der Waals surface area (Å²) in [5.74, 6) is -0.311. The summed E-state index contributed by atoms with van der Waals surface area (Å²) in [6.07, 6.45) is 2.75. The van der Waals surface area contributed by atoms with Crippen LogP contribution in [0, 0.1) is 0 Å². The molecule has 1 aliphatic heterocycles. The van der Waals surface area contributed by atoms with Crippen LogP contribution in [0.15, 0.2) is 89.8 Å². The number of morpholine rings is 1. The van der Waals surface area contributed by atoms with Crippen molar-refractivity contribution in [2.45, 2.75) is 55.6 Å². The fraction of sp³-hybridized carbons (Fsp3) is 0.412. The number of hydrogen-bond donors (Lipinski definition) is 2. The van der Waals surface area contributed by atoms with Crippen LogP contribution >= 0.6 is 0 Å². The van der Waals surface area contributed by atoms with E-state index in [1.54, 1.807) is 29.2 Å². The van der Waals surface area contributed by atoms with Gasteiger partial charge in [0, 0.05) is 51.6 Å². The van der Waals surface area contributed by atoms with E-state index >= 15 is 0 Å². The van der Waals surface area contributed by atoms with Crippen molar-refractivity contribution in [2.75, 3.05) is 39.4 Å². The van der Waals surface area contributed by atoms with Crippen molar-refractivity contribution in [2.24, 2.45) is 0 Å². The standard InChI is InChI=1S/C34H42N4O5S/c39-33(18-13-27-11-16-31(17-12-27)44(41,42)36-30-14-15-30)38(26-29-9-5-2-6-10-29)32(25-28-7-3-1-4-8-28)34(40)35-19-20-37-21-23-43-24-22-37/h1-12,16-17,30,32,36H,13-15,18-26H2,(H,35,40)/t32-/m0/s1. The van der Waals surface area contributed by atoms with Gasteiger partial charge in [-0.2, -0.15) is 0 Å². The van der Waals surface area contributed by atoms with Gasteiger partial charge in [-0.3, -0.25) is 14.5 Å². The minimum atomic E-state index is -3.54. The van der Waals surface area contributed by atoms with Crippen molar-refractivity contribution in [1.82, 2.24) is 19.8 Å². The number of nitrogens with one attached hydrogen (secondary N) is 2. The molecule has 2 amide bonds. The number of sulfonamides is 1. The Morgan fingerprint density at radius 1 is 0.864 bits per heavy atom. The van der Waals surface area contributed by atoms with E-state index in [-0.39, 0.29) is 29.2 Å². The smallest absolute Gasteiger partial charge is 0.243 e. The molecule has 1 atom stereocenters. The molecule has 1 saturated heterocycles. The van der Waals surface area contributed by atoms with Crippen LogP contribution < -0.4 is 10.0 Å². The highest BCUT2D eigenvalue weighted by molar-refractivity contribution is 7.89. The Morgan fingerprint density at radius 3 is 2.14 bits per heavy atom. The molecule has 1 aliphatic carbocycles. The number of amides is 2. The van der Waals surface area contributed by atoms with Gasteiger partial charge in [0.25, 0.3) is 0 Å². The third-order valence-corrected chi connectivity index (χ3v) is 9.59. The Bertz CT molecular complexity index is 1460. The Labute approximate surface area is 260 Å². The molecule has 10 heteroatoms. The fourth-order valence-corrected chi connectivity index (χ4v) is 6.64. The maximum Gasteiger partial charge on any atom is 0.243 e. The zero-order valence-corrected chi connectivity index (χ0v) is 25.9. The van der Waals surface area contributed by atoms with Gasteiger partial charge < -0.3 is 15.0 Å². The highest BCUT2D eigenvalue weighted by Crippen LogP contribution is 2.23. The molecule has 0 spiro atoms. The lowest BCUT2D eigenvalue weighted by Gasteiger charge is -2.32. The van der Waals surface area contributed by atoms with E-state index in [0.29, 0.717) is 39.1 Å². The van der Waals surface area contributed by atoms with Gasteiger partial charge in [-0.1, -0.05) is 72.8 Å². The molecular formula is C34H42N4O5S. The predicted molar refractivity (Wildman–Crippen MR) is 169 cm³/mol. The summed E-state index contributed by atoms with van der Waals surface area (Å²) >= 11 is 0. The highest BCUT2D eigenvalue weighted by atomic mass is 32.2. The average molecular weight is 619 g/mol. The third-order valence-electron chi connectivity index (χ3n) is 8.06. The molecule has 1 saturated carbocycles. The lowest BCUT2D eigenvalue weighted by molar-refractivity contribution is -0.141. The van der Waals surface area contributed by atoms with E-state index in [1.807, 2.05) is 60.7 Å². The summed E-state index contributed by atoms with van der Waals surface area (Å²) in [6.45, 7) is 4.58. The molecule has 44 heavy (non-hydrogen) atoms. The van der Waals surface area contributed by atoms with Gasteiger partial charge in [-0.15, -0.1) is 0 Å². The van der Waals surface area contributed by atoms with E-state index in [2.05, 4.69) is 14.9 Å². The Morgan fingerprint density at radius 2 is 1.50 bits per heavy atom. The summed E-state index contributed by atoms with van der Waals surface area (Å²) < 4.78 is 33.2. The number of carbonyl (C=O) groups excluding carboxylic acids is 2. The Hall–Kier alpha value is -3.57. The van der Waals surface area contributed by atoms with Gasteiger partial charge >= 0.3 is 0 Å². The molecule has 2 N–H and O–H groups in total. The molecule has 234 valence electrons. The normalized spacial score (nSPS) is 16.3. The summed E-state index contributed by atoms with van der Waals surface area (Å²) in [7, 11) is -3.54. The van der Waals surface area contributed by atoms with Crippen molar-refractivity contribution in [1.29, 1.82) is 0 Å². The summed E-state index contributed by atoms with van der Waals surface area (Å²) in [6, 6.07) is 25.5. The van der Waals surface area contributed by atoms with Crippen LogP contribution in [0.4, 0.5) is 0 Å². The number of benzene rings is 3. The third kappa shape index (κ3) is 9.46. The quantitative estimate of drug-likeness (QED) is 0.271. The van der Waals surface area contributed by atoms with Crippen LogP contribution in [0.1, 0.15) is 36.0 Å². The maximum absolute atomic E-state index is 14.0. The van der Waals surface area contributed by atoms with Crippen LogP contribution in [0.2, 0.25) is 0 Å². The van der Waals surface area contributed by atoms with E-state index < -0.39 is 16.1 Å². The van der Waals surface area contributed by atoms with Crippen LogP contribution in [0.5, 0.6) is 0 Å². The van der Waals surface area contributed by atoms with Crippen molar-refractivity contribution in [3.8, 4) is 0 Å². The first-order valence-electron chi connectivity index (χ1n) is 15.4. The zero-order valence-electron chi connectivity index (χ0n) is 25.1. The van der Waals surface area contributed by atoms with Crippen molar-refractivity contribution in [3.05, 3.63) is 102 Å². The van der Waals surface area contributed by atoms with Crippen LogP contribution in [0.3, 0.4) is 0 Å². The molecule has 0 unspecified atom stereocenters. The number of carbonyl (C=O) groups is 2. The first-order chi connectivity index (χ1) is 21.4. The summed E-state index contributed by atoms with van der Waals surface area (Å²) in [5.41, 5.74) is 2.78. The molecule has 2 fully saturated rings. The molecular weight excluding hydrogens is 576 g/mol. The SMILES string of the molecule is O=C(NCCN1CCOCC1)[C@H](Cc1ccccc1)N(Cc1ccccc1)C(=O)CCc1ccc(S(=O)(=O)NC2CC2)cc1. The summed E-state index contributed by atoms with van der Waals surface area (Å²) in [4.78, 5) is 31.9. The first-order valence-corrected chi connectivity index (χ1v) is 16.9. The number of rotatable bonds is 15. The molecule has 3 aromatic rings. The second kappa shape index (κ2) is 15.4. The first kappa shape index (κ1) is 31.8. The van der Waals surface area contributed by atoms with Crippen molar-refractivity contribution in [3.63, 3.8) is 0 Å². The van der Waals surface area contributed by atoms with Gasteiger partial charge in [-0.25, -0.2) is 13.1 Å². The second-order valence-corrected chi connectivity index (χ2v) is 13.2. The number of nitrogens with zero attached hydrogens (tertiary/aromatic N) is 2. The molecule has 0 radical (unpaired) electrons. The minimum Gasteiger partial charge on any atom is -0.379 e. The van der Waals surface area contributed by atoms with E-state index in [4.69, 9.17) is 4.74 Å². The number of ether oxygens (including phenoxy) is 1. The molecule has 3 aromatic carbocycles. The lowest BCUT2D eigenvalue weighted by atomic mass is 10.0. The predicted octanol–water partition coefficient (Wildman–Crippen LogP) is 3.15. The maximum atomic E-state index is 14.0. The highest BCUT2D eigenvalue weighted by Gasteiger charge is 2.31. The largest absolute Gasteiger partial charge is 0.379 e. The minimum absolute atomic E-state index is 0.0355. The van der Waals surface area contributed by atoms with Crippen LogP contribution in [-0.4, -0.2) is 81.5 Å². The molecule has 5 rings (SSSR count). The Kier molecular flexibility index (Phi) is 11.2.